The van der Waals surface area contributed by atoms with E-state index in [0.29, 0.717) is 5.02 Å². The molecule has 4 nitrogen and oxygen atoms in total. The van der Waals surface area contributed by atoms with Crippen LogP contribution in [0.15, 0.2) is 85.2 Å². The predicted molar refractivity (Wildman–Crippen MR) is 98.4 cm³/mol. The van der Waals surface area contributed by atoms with Crippen LogP contribution in [0.1, 0.15) is 17.2 Å². The van der Waals surface area contributed by atoms with Crippen LogP contribution in [0.5, 0.6) is 0 Å². The summed E-state index contributed by atoms with van der Waals surface area (Å²) in [6.45, 7) is 0. The first kappa shape index (κ1) is 15.5. The maximum atomic E-state index is 6.03. The van der Waals surface area contributed by atoms with Crippen LogP contribution in [-0.2, 0) is 0 Å². The van der Waals surface area contributed by atoms with Gasteiger partial charge in [0, 0.05) is 5.02 Å². The Balaban J connectivity index is 1.74. The van der Waals surface area contributed by atoms with Crippen LogP contribution in [0.2, 0.25) is 5.02 Å². The van der Waals surface area contributed by atoms with Gasteiger partial charge in [0.1, 0.15) is 12.4 Å². The lowest BCUT2D eigenvalue weighted by Crippen LogP contribution is -2.13. The average Bonchev–Trinajstić information content (AvgIpc) is 3.19. The topological polar surface area (TPSA) is 43.6 Å². The molecule has 0 amide bonds. The molecule has 1 heterocycles. The van der Waals surface area contributed by atoms with Gasteiger partial charge in [-0.15, -0.1) is 5.10 Å². The molecule has 0 aliphatic heterocycles. The molecule has 122 valence electrons. The van der Waals surface area contributed by atoms with Gasteiger partial charge in [-0.05, 0) is 44.8 Å². The van der Waals surface area contributed by atoms with Crippen molar-refractivity contribution in [2.24, 2.45) is 0 Å². The van der Waals surface area contributed by atoms with Crippen LogP contribution in [-0.4, -0.2) is 20.2 Å². The minimum atomic E-state index is -0.0999. The number of hydrogen-bond donors (Lipinski definition) is 0. The normalized spacial score (nSPS) is 12.0. The number of nitrogens with zero attached hydrogens (tertiary/aromatic N) is 4. The molecular formula is C20H15ClN4. The molecule has 0 aliphatic rings. The zero-order valence-corrected chi connectivity index (χ0v) is 14.1. The molecule has 0 radical (unpaired) electrons. The molecule has 0 saturated heterocycles. The molecule has 1 aromatic heterocycles. The van der Waals surface area contributed by atoms with E-state index in [-0.39, 0.29) is 6.04 Å². The zero-order chi connectivity index (χ0) is 17.1. The van der Waals surface area contributed by atoms with E-state index in [1.54, 1.807) is 11.0 Å². The Bertz CT molecular complexity index is 933. The second-order valence-electron chi connectivity index (χ2n) is 5.73. The lowest BCUT2D eigenvalue weighted by atomic mass is 9.96. The van der Waals surface area contributed by atoms with Gasteiger partial charge in [0.05, 0.1) is 0 Å². The third-order valence-corrected chi connectivity index (χ3v) is 4.40. The Morgan fingerprint density at radius 3 is 1.92 bits per heavy atom. The first-order valence-corrected chi connectivity index (χ1v) is 8.32. The average molecular weight is 347 g/mol. The summed E-state index contributed by atoms with van der Waals surface area (Å²) >= 11 is 6.03. The summed E-state index contributed by atoms with van der Waals surface area (Å²) in [7, 11) is 0. The molecule has 5 heteroatoms. The standard InChI is InChI=1S/C20H15ClN4/c21-19-12-10-18(11-13-19)20(25-14-22-23-24-25)17-8-6-16(7-9-17)15-4-2-1-3-5-15/h1-14,20H. The van der Waals surface area contributed by atoms with Crippen LogP contribution in [0, 0.1) is 0 Å². The highest BCUT2D eigenvalue weighted by molar-refractivity contribution is 6.30. The number of rotatable bonds is 4. The fourth-order valence-electron chi connectivity index (χ4n) is 2.92. The number of halogens is 1. The van der Waals surface area contributed by atoms with Gasteiger partial charge >= 0.3 is 0 Å². The predicted octanol–water partition coefficient (Wildman–Crippen LogP) is 4.63. The molecule has 4 aromatic rings. The van der Waals surface area contributed by atoms with Crippen LogP contribution in [0.4, 0.5) is 0 Å². The maximum Gasteiger partial charge on any atom is 0.139 e. The monoisotopic (exact) mass is 346 g/mol. The maximum absolute atomic E-state index is 6.03. The van der Waals surface area contributed by atoms with Crippen LogP contribution in [0.25, 0.3) is 11.1 Å². The first-order chi connectivity index (χ1) is 12.3. The van der Waals surface area contributed by atoms with Gasteiger partial charge in [0.15, 0.2) is 0 Å². The third-order valence-electron chi connectivity index (χ3n) is 4.15. The smallest absolute Gasteiger partial charge is 0.139 e. The van der Waals surface area contributed by atoms with Gasteiger partial charge in [0.2, 0.25) is 0 Å². The molecule has 0 N–H and O–H groups in total. The summed E-state index contributed by atoms with van der Waals surface area (Å²) < 4.78 is 1.75. The van der Waals surface area contributed by atoms with Crippen molar-refractivity contribution in [3.8, 4) is 11.1 Å². The van der Waals surface area contributed by atoms with Gasteiger partial charge < -0.3 is 0 Å². The molecule has 0 saturated carbocycles. The summed E-state index contributed by atoms with van der Waals surface area (Å²) in [4.78, 5) is 0. The van der Waals surface area contributed by atoms with E-state index in [2.05, 4.69) is 51.9 Å². The number of aromatic nitrogens is 4. The summed E-state index contributed by atoms with van der Waals surface area (Å²) in [5.74, 6) is 0. The van der Waals surface area contributed by atoms with E-state index in [1.165, 1.54) is 11.1 Å². The molecule has 4 rings (SSSR count). The van der Waals surface area contributed by atoms with Crippen molar-refractivity contribution in [2.45, 2.75) is 6.04 Å². The summed E-state index contributed by atoms with van der Waals surface area (Å²) in [5.41, 5.74) is 4.55. The molecule has 0 fully saturated rings. The minimum absolute atomic E-state index is 0.0999. The Hall–Kier alpha value is -2.98. The van der Waals surface area contributed by atoms with Gasteiger partial charge in [-0.1, -0.05) is 78.3 Å². The second kappa shape index (κ2) is 6.87. The highest BCUT2D eigenvalue weighted by Gasteiger charge is 2.17. The summed E-state index contributed by atoms with van der Waals surface area (Å²) in [6.07, 6.45) is 1.63. The van der Waals surface area contributed by atoms with Crippen molar-refractivity contribution in [1.29, 1.82) is 0 Å². The number of benzene rings is 3. The van der Waals surface area contributed by atoms with Gasteiger partial charge in [-0.3, -0.25) is 0 Å². The Kier molecular flexibility index (Phi) is 4.27. The lowest BCUT2D eigenvalue weighted by Gasteiger charge is -2.18. The van der Waals surface area contributed by atoms with E-state index >= 15 is 0 Å². The second-order valence-corrected chi connectivity index (χ2v) is 6.17. The van der Waals surface area contributed by atoms with Crippen LogP contribution < -0.4 is 0 Å². The number of tetrazole rings is 1. The van der Waals surface area contributed by atoms with Crippen molar-refractivity contribution in [2.75, 3.05) is 0 Å². The van der Waals surface area contributed by atoms with E-state index in [0.717, 1.165) is 11.1 Å². The zero-order valence-electron chi connectivity index (χ0n) is 13.3. The molecule has 1 atom stereocenters. The Morgan fingerprint density at radius 2 is 1.32 bits per heavy atom. The van der Waals surface area contributed by atoms with Crippen LogP contribution in [0.3, 0.4) is 0 Å². The molecular weight excluding hydrogens is 332 g/mol. The van der Waals surface area contributed by atoms with Crippen molar-refractivity contribution >= 4 is 11.6 Å². The van der Waals surface area contributed by atoms with Gasteiger partial charge in [-0.25, -0.2) is 4.68 Å². The van der Waals surface area contributed by atoms with E-state index in [9.17, 15) is 0 Å². The van der Waals surface area contributed by atoms with Gasteiger partial charge in [-0.2, -0.15) is 0 Å². The van der Waals surface area contributed by atoms with Crippen molar-refractivity contribution < 1.29 is 0 Å². The highest BCUT2D eigenvalue weighted by Crippen LogP contribution is 2.28. The molecule has 0 bridgehead atoms. The molecule has 3 aromatic carbocycles. The van der Waals surface area contributed by atoms with E-state index in [4.69, 9.17) is 11.6 Å². The fraction of sp³-hybridized carbons (Fsp3) is 0.0500. The molecule has 0 spiro atoms. The van der Waals surface area contributed by atoms with Crippen molar-refractivity contribution in [1.82, 2.24) is 20.2 Å². The molecule has 25 heavy (non-hydrogen) atoms. The minimum Gasteiger partial charge on any atom is -0.221 e. The first-order valence-electron chi connectivity index (χ1n) is 7.94. The lowest BCUT2D eigenvalue weighted by molar-refractivity contribution is 0.571. The third kappa shape index (κ3) is 3.30. The Morgan fingerprint density at radius 1 is 0.720 bits per heavy atom. The van der Waals surface area contributed by atoms with Gasteiger partial charge in [0.25, 0.3) is 0 Å². The largest absolute Gasteiger partial charge is 0.221 e. The number of hydrogen-bond acceptors (Lipinski definition) is 3. The van der Waals surface area contributed by atoms with Crippen molar-refractivity contribution in [3.05, 3.63) is 101 Å². The molecule has 1 unspecified atom stereocenters. The summed E-state index contributed by atoms with van der Waals surface area (Å²) in [5, 5.41) is 12.4. The van der Waals surface area contributed by atoms with E-state index < -0.39 is 0 Å². The summed E-state index contributed by atoms with van der Waals surface area (Å²) in [6, 6.07) is 26.5. The SMILES string of the molecule is Clc1ccc(C(c2ccc(-c3ccccc3)cc2)n2cnnn2)cc1. The van der Waals surface area contributed by atoms with E-state index in [1.807, 2.05) is 42.5 Å². The highest BCUT2D eigenvalue weighted by atomic mass is 35.5. The fourth-order valence-corrected chi connectivity index (χ4v) is 3.04. The van der Waals surface area contributed by atoms with Crippen molar-refractivity contribution in [3.63, 3.8) is 0 Å². The van der Waals surface area contributed by atoms with Crippen LogP contribution >= 0.6 is 11.6 Å². The quantitative estimate of drug-likeness (QED) is 0.541. The molecule has 0 aliphatic carbocycles. The Labute approximate surface area is 150 Å².